The molecule has 0 aliphatic carbocycles. The second-order valence-corrected chi connectivity index (χ2v) is 7.06. The Bertz CT molecular complexity index is 974. The molecule has 0 radical (unpaired) electrons. The van der Waals surface area contributed by atoms with Gasteiger partial charge in [0, 0.05) is 30.1 Å². The van der Waals surface area contributed by atoms with Gasteiger partial charge in [0.2, 0.25) is 0 Å². The quantitative estimate of drug-likeness (QED) is 0.720. The predicted molar refractivity (Wildman–Crippen MR) is 111 cm³/mol. The minimum absolute atomic E-state index is 0.0562. The van der Waals surface area contributed by atoms with Gasteiger partial charge < -0.3 is 15.5 Å². The second-order valence-electron chi connectivity index (χ2n) is 7.06. The van der Waals surface area contributed by atoms with Gasteiger partial charge in [0.05, 0.1) is 5.69 Å². The van der Waals surface area contributed by atoms with Gasteiger partial charge >= 0.3 is 6.03 Å². The Hall–Kier alpha value is -3.34. The number of carbonyl (C=O) groups excluding carboxylic acids is 2. The number of anilines is 1. The lowest BCUT2D eigenvalue weighted by molar-refractivity contribution is 0.0919. The summed E-state index contributed by atoms with van der Waals surface area (Å²) in [6.45, 7) is 1.24. The van der Waals surface area contributed by atoms with Crippen molar-refractivity contribution >= 4 is 28.4 Å². The summed E-state index contributed by atoms with van der Waals surface area (Å²) in [5.74, 6) is -0.0562. The fourth-order valence-corrected chi connectivity index (χ4v) is 3.61. The van der Waals surface area contributed by atoms with Crippen molar-refractivity contribution in [2.45, 2.75) is 18.9 Å². The number of likely N-dealkylation sites (tertiary alicyclic amines) is 1. The van der Waals surface area contributed by atoms with Gasteiger partial charge in [0.15, 0.2) is 0 Å². The summed E-state index contributed by atoms with van der Waals surface area (Å²) >= 11 is 0. The SMILES string of the molecule is O=C(NC1CCN(C(=O)Nc2cccc3ccccc23)CC1)c1ccccc1. The first-order chi connectivity index (χ1) is 13.7. The highest BCUT2D eigenvalue weighted by Gasteiger charge is 2.24. The zero-order chi connectivity index (χ0) is 19.3. The van der Waals surface area contributed by atoms with Crippen molar-refractivity contribution < 1.29 is 9.59 Å². The van der Waals surface area contributed by atoms with Crippen LogP contribution >= 0.6 is 0 Å². The summed E-state index contributed by atoms with van der Waals surface area (Å²) in [5, 5.41) is 8.24. The van der Waals surface area contributed by atoms with Crippen LogP contribution in [0.5, 0.6) is 0 Å². The Kier molecular flexibility index (Phi) is 5.24. The Morgan fingerprint density at radius 3 is 2.29 bits per heavy atom. The Balaban J connectivity index is 1.33. The number of amides is 3. The number of rotatable bonds is 3. The van der Waals surface area contributed by atoms with Crippen LogP contribution in [0.15, 0.2) is 72.8 Å². The van der Waals surface area contributed by atoms with Gasteiger partial charge in [0.25, 0.3) is 5.91 Å². The number of hydrogen-bond donors (Lipinski definition) is 2. The van der Waals surface area contributed by atoms with Crippen LogP contribution in [0, 0.1) is 0 Å². The van der Waals surface area contributed by atoms with E-state index in [1.165, 1.54) is 0 Å². The maximum atomic E-state index is 12.7. The third-order valence-electron chi connectivity index (χ3n) is 5.18. The number of piperidine rings is 1. The van der Waals surface area contributed by atoms with E-state index >= 15 is 0 Å². The van der Waals surface area contributed by atoms with E-state index in [-0.39, 0.29) is 18.0 Å². The molecule has 0 atom stereocenters. The molecular weight excluding hydrogens is 350 g/mol. The van der Waals surface area contributed by atoms with Crippen LogP contribution in [-0.2, 0) is 0 Å². The summed E-state index contributed by atoms with van der Waals surface area (Å²) in [6.07, 6.45) is 1.50. The van der Waals surface area contributed by atoms with Crippen LogP contribution in [-0.4, -0.2) is 36.0 Å². The van der Waals surface area contributed by atoms with Gasteiger partial charge in [-0.05, 0) is 36.4 Å². The Morgan fingerprint density at radius 2 is 1.50 bits per heavy atom. The summed E-state index contributed by atoms with van der Waals surface area (Å²) in [7, 11) is 0. The standard InChI is InChI=1S/C23H23N3O2/c27-22(18-8-2-1-3-9-18)24-19-13-15-26(16-14-19)23(28)25-21-12-6-10-17-7-4-5-11-20(17)21/h1-12,19H,13-16H2,(H,24,27)(H,25,28). The summed E-state index contributed by atoms with van der Waals surface area (Å²) in [5.41, 5.74) is 1.49. The van der Waals surface area contributed by atoms with Gasteiger partial charge in [-0.3, -0.25) is 4.79 Å². The molecule has 4 rings (SSSR count). The van der Waals surface area contributed by atoms with Gasteiger partial charge in [-0.25, -0.2) is 4.79 Å². The summed E-state index contributed by atoms with van der Waals surface area (Å²) < 4.78 is 0. The number of carbonyl (C=O) groups is 2. The van der Waals surface area contributed by atoms with Crippen molar-refractivity contribution in [3.8, 4) is 0 Å². The van der Waals surface area contributed by atoms with Gasteiger partial charge in [0.1, 0.15) is 0 Å². The minimum atomic E-state index is -0.0933. The van der Waals surface area contributed by atoms with E-state index in [0.29, 0.717) is 18.7 Å². The number of fused-ring (bicyclic) bond motifs is 1. The van der Waals surface area contributed by atoms with Crippen molar-refractivity contribution in [2.24, 2.45) is 0 Å². The molecule has 2 N–H and O–H groups in total. The molecule has 142 valence electrons. The van der Waals surface area contributed by atoms with Crippen LogP contribution < -0.4 is 10.6 Å². The van der Waals surface area contributed by atoms with Crippen LogP contribution in [0.2, 0.25) is 0 Å². The molecule has 0 bridgehead atoms. The van der Waals surface area contributed by atoms with E-state index in [0.717, 1.165) is 29.3 Å². The molecular formula is C23H23N3O2. The van der Waals surface area contributed by atoms with Gasteiger partial charge in [-0.1, -0.05) is 54.6 Å². The van der Waals surface area contributed by atoms with Crippen LogP contribution in [0.4, 0.5) is 10.5 Å². The number of nitrogens with zero attached hydrogens (tertiary/aromatic N) is 1. The molecule has 3 aromatic rings. The molecule has 0 unspecified atom stereocenters. The van der Waals surface area contributed by atoms with Crippen molar-refractivity contribution in [2.75, 3.05) is 18.4 Å². The molecule has 0 saturated carbocycles. The van der Waals surface area contributed by atoms with Gasteiger partial charge in [-0.2, -0.15) is 0 Å². The second kappa shape index (κ2) is 8.13. The first-order valence-corrected chi connectivity index (χ1v) is 9.60. The van der Waals surface area contributed by atoms with E-state index in [9.17, 15) is 9.59 Å². The summed E-state index contributed by atoms with van der Waals surface area (Å²) in [6, 6.07) is 23.1. The zero-order valence-corrected chi connectivity index (χ0v) is 15.6. The topological polar surface area (TPSA) is 61.4 Å². The molecule has 3 aromatic carbocycles. The molecule has 1 saturated heterocycles. The first kappa shape index (κ1) is 18.0. The third-order valence-corrected chi connectivity index (χ3v) is 5.18. The summed E-state index contributed by atoms with van der Waals surface area (Å²) in [4.78, 5) is 26.8. The predicted octanol–water partition coefficient (Wildman–Crippen LogP) is 4.27. The fourth-order valence-electron chi connectivity index (χ4n) is 3.61. The van der Waals surface area contributed by atoms with E-state index < -0.39 is 0 Å². The monoisotopic (exact) mass is 373 g/mol. The smallest absolute Gasteiger partial charge is 0.321 e. The van der Waals surface area contributed by atoms with Crippen LogP contribution in [0.3, 0.4) is 0 Å². The zero-order valence-electron chi connectivity index (χ0n) is 15.6. The fraction of sp³-hybridized carbons (Fsp3) is 0.217. The molecule has 1 aliphatic heterocycles. The number of benzene rings is 3. The Labute approximate surface area is 164 Å². The van der Waals surface area contributed by atoms with Crippen LogP contribution in [0.1, 0.15) is 23.2 Å². The first-order valence-electron chi connectivity index (χ1n) is 9.60. The molecule has 5 nitrogen and oxygen atoms in total. The molecule has 3 amide bonds. The molecule has 1 aliphatic rings. The number of urea groups is 1. The lowest BCUT2D eigenvalue weighted by Gasteiger charge is -2.32. The highest BCUT2D eigenvalue weighted by atomic mass is 16.2. The van der Waals surface area contributed by atoms with Gasteiger partial charge in [-0.15, -0.1) is 0 Å². The van der Waals surface area contributed by atoms with Crippen molar-refractivity contribution in [3.05, 3.63) is 78.4 Å². The average molecular weight is 373 g/mol. The van der Waals surface area contributed by atoms with Crippen molar-refractivity contribution in [1.29, 1.82) is 0 Å². The number of nitrogens with one attached hydrogen (secondary N) is 2. The molecule has 0 aromatic heterocycles. The average Bonchev–Trinajstić information content (AvgIpc) is 2.75. The van der Waals surface area contributed by atoms with E-state index in [1.807, 2.05) is 77.7 Å². The third kappa shape index (κ3) is 3.98. The maximum absolute atomic E-state index is 12.7. The molecule has 1 fully saturated rings. The highest BCUT2D eigenvalue weighted by molar-refractivity contribution is 6.01. The van der Waals surface area contributed by atoms with E-state index in [2.05, 4.69) is 10.6 Å². The normalized spacial score (nSPS) is 14.6. The minimum Gasteiger partial charge on any atom is -0.349 e. The maximum Gasteiger partial charge on any atom is 0.321 e. The largest absolute Gasteiger partial charge is 0.349 e. The Morgan fingerprint density at radius 1 is 0.821 bits per heavy atom. The molecule has 1 heterocycles. The highest BCUT2D eigenvalue weighted by Crippen LogP contribution is 2.23. The number of hydrogen-bond acceptors (Lipinski definition) is 2. The van der Waals surface area contributed by atoms with E-state index in [1.54, 1.807) is 0 Å². The van der Waals surface area contributed by atoms with Crippen molar-refractivity contribution in [1.82, 2.24) is 10.2 Å². The van der Waals surface area contributed by atoms with E-state index in [4.69, 9.17) is 0 Å². The molecule has 0 spiro atoms. The van der Waals surface area contributed by atoms with Crippen LogP contribution in [0.25, 0.3) is 10.8 Å². The lowest BCUT2D eigenvalue weighted by Crippen LogP contribution is -2.47. The molecule has 28 heavy (non-hydrogen) atoms. The molecule has 5 heteroatoms. The van der Waals surface area contributed by atoms with Crippen molar-refractivity contribution in [3.63, 3.8) is 0 Å². The lowest BCUT2D eigenvalue weighted by atomic mass is 10.0.